The molecule has 2 atom stereocenters. The molecule has 0 saturated carbocycles. The number of hydrogen-bond acceptors (Lipinski definition) is 5. The number of carbonyl (C=O) groups excluding carboxylic acids is 2. The van der Waals surface area contributed by atoms with E-state index in [1.807, 2.05) is 30.3 Å². The normalized spacial score (nSPS) is 20.7. The monoisotopic (exact) mass is 349 g/mol. The summed E-state index contributed by atoms with van der Waals surface area (Å²) in [5, 5.41) is 2.75. The van der Waals surface area contributed by atoms with Crippen molar-refractivity contribution >= 4 is 12.2 Å². The Bertz CT molecular complexity index is 586. The smallest absolute Gasteiger partial charge is 0.410 e. The summed E-state index contributed by atoms with van der Waals surface area (Å²) in [4.78, 5) is 25.8. The average Bonchev–Trinajstić information content (AvgIpc) is 2.54. The predicted octanol–water partition coefficient (Wildman–Crippen LogP) is 2.25. The van der Waals surface area contributed by atoms with Crippen LogP contribution in [0.3, 0.4) is 0 Å². The zero-order valence-corrected chi connectivity index (χ0v) is 15.0. The van der Waals surface area contributed by atoms with Gasteiger partial charge < -0.3 is 25.4 Å². The zero-order chi connectivity index (χ0) is 18.4. The van der Waals surface area contributed by atoms with Gasteiger partial charge in [-0.2, -0.15) is 0 Å². The molecule has 2 unspecified atom stereocenters. The number of nitrogens with zero attached hydrogens (tertiary/aromatic N) is 1. The van der Waals surface area contributed by atoms with Crippen LogP contribution in [0.1, 0.15) is 32.8 Å². The van der Waals surface area contributed by atoms with E-state index >= 15 is 0 Å². The van der Waals surface area contributed by atoms with Gasteiger partial charge >= 0.3 is 12.2 Å². The van der Waals surface area contributed by atoms with Gasteiger partial charge in [-0.25, -0.2) is 9.59 Å². The van der Waals surface area contributed by atoms with E-state index < -0.39 is 17.8 Å². The van der Waals surface area contributed by atoms with Crippen molar-refractivity contribution in [2.45, 2.75) is 51.5 Å². The summed E-state index contributed by atoms with van der Waals surface area (Å²) >= 11 is 0. The van der Waals surface area contributed by atoms with E-state index in [9.17, 15) is 9.59 Å². The fraction of sp³-hybridized carbons (Fsp3) is 0.556. The quantitative estimate of drug-likeness (QED) is 0.873. The Balaban J connectivity index is 1.86. The highest BCUT2D eigenvalue weighted by Gasteiger charge is 2.32. The maximum atomic E-state index is 12.3. The third kappa shape index (κ3) is 6.26. The van der Waals surface area contributed by atoms with Crippen LogP contribution in [-0.4, -0.2) is 47.9 Å². The molecule has 25 heavy (non-hydrogen) atoms. The van der Waals surface area contributed by atoms with Crippen molar-refractivity contribution in [3.63, 3.8) is 0 Å². The second-order valence-electron chi connectivity index (χ2n) is 7.19. The summed E-state index contributed by atoms with van der Waals surface area (Å²) in [5.74, 6) is 0. The number of nitrogens with one attached hydrogen (secondary N) is 1. The van der Waals surface area contributed by atoms with Crippen molar-refractivity contribution in [2.24, 2.45) is 5.73 Å². The number of hydrogen-bond donors (Lipinski definition) is 2. The van der Waals surface area contributed by atoms with Crippen LogP contribution in [-0.2, 0) is 16.1 Å². The van der Waals surface area contributed by atoms with Crippen LogP contribution in [0, 0.1) is 0 Å². The van der Waals surface area contributed by atoms with Gasteiger partial charge in [0.1, 0.15) is 12.2 Å². The summed E-state index contributed by atoms with van der Waals surface area (Å²) in [7, 11) is 0. The molecule has 2 amide bonds. The Morgan fingerprint density at radius 2 is 1.96 bits per heavy atom. The molecule has 1 heterocycles. The van der Waals surface area contributed by atoms with E-state index in [4.69, 9.17) is 15.2 Å². The van der Waals surface area contributed by atoms with Gasteiger partial charge in [-0.15, -0.1) is 0 Å². The molecule has 7 heteroatoms. The maximum absolute atomic E-state index is 12.3. The minimum absolute atomic E-state index is 0.215. The van der Waals surface area contributed by atoms with E-state index in [2.05, 4.69) is 5.32 Å². The first-order chi connectivity index (χ1) is 11.7. The second-order valence-corrected chi connectivity index (χ2v) is 7.19. The van der Waals surface area contributed by atoms with Gasteiger partial charge in [0.15, 0.2) is 0 Å². The molecule has 1 aromatic rings. The summed E-state index contributed by atoms with van der Waals surface area (Å²) in [6.45, 7) is 6.39. The first kappa shape index (κ1) is 19.1. The summed E-state index contributed by atoms with van der Waals surface area (Å²) in [6, 6.07) is 8.88. The molecular formula is C18H27N3O4. The van der Waals surface area contributed by atoms with Crippen LogP contribution >= 0.6 is 0 Å². The van der Waals surface area contributed by atoms with Crippen LogP contribution in [0.5, 0.6) is 0 Å². The lowest BCUT2D eigenvalue weighted by molar-refractivity contribution is 0.0434. The molecular weight excluding hydrogens is 322 g/mol. The highest BCUT2D eigenvalue weighted by atomic mass is 16.6. The molecule has 1 fully saturated rings. The van der Waals surface area contributed by atoms with Gasteiger partial charge in [0, 0.05) is 19.1 Å². The molecule has 0 aliphatic carbocycles. The number of ether oxygens (including phenoxy) is 2. The Labute approximate surface area is 148 Å². The number of nitrogens with two attached hydrogens (primary N) is 1. The fourth-order valence-electron chi connectivity index (χ4n) is 2.56. The van der Waals surface area contributed by atoms with Gasteiger partial charge in [-0.3, -0.25) is 0 Å². The number of alkyl carbamates (subject to hydrolysis) is 1. The molecule has 3 N–H and O–H groups in total. The third-order valence-electron chi connectivity index (χ3n) is 3.83. The fourth-order valence-corrected chi connectivity index (χ4v) is 2.56. The van der Waals surface area contributed by atoms with Crippen molar-refractivity contribution in [2.75, 3.05) is 13.1 Å². The molecule has 0 bridgehead atoms. The Kier molecular flexibility index (Phi) is 6.25. The molecule has 7 nitrogen and oxygen atoms in total. The van der Waals surface area contributed by atoms with Crippen LogP contribution in [0.25, 0.3) is 0 Å². The van der Waals surface area contributed by atoms with E-state index in [1.165, 1.54) is 0 Å². The number of carbonyl (C=O) groups is 2. The van der Waals surface area contributed by atoms with Crippen molar-refractivity contribution in [3.8, 4) is 0 Å². The lowest BCUT2D eigenvalue weighted by atomic mass is 10.0. The van der Waals surface area contributed by atoms with E-state index in [-0.39, 0.29) is 18.7 Å². The Morgan fingerprint density at radius 3 is 2.60 bits per heavy atom. The van der Waals surface area contributed by atoms with Crippen LogP contribution in [0.2, 0.25) is 0 Å². The number of rotatable bonds is 3. The lowest BCUT2D eigenvalue weighted by Gasteiger charge is -2.36. The average molecular weight is 349 g/mol. The largest absolute Gasteiger partial charge is 0.445 e. The minimum Gasteiger partial charge on any atom is -0.445 e. The predicted molar refractivity (Wildman–Crippen MR) is 94.0 cm³/mol. The van der Waals surface area contributed by atoms with Gasteiger partial charge in [-0.1, -0.05) is 30.3 Å². The standard InChI is InChI=1S/C18H27N3O4/c1-18(2,3)25-16(22)20-15-11-21(10-9-14(15)19)17(23)24-12-13-7-5-4-6-8-13/h4-8,14-15H,9-12,19H2,1-3H3,(H,20,22). The Hall–Kier alpha value is -2.28. The van der Waals surface area contributed by atoms with E-state index in [1.54, 1.807) is 25.7 Å². The molecule has 1 aliphatic heterocycles. The third-order valence-corrected chi connectivity index (χ3v) is 3.83. The SMILES string of the molecule is CC(C)(C)OC(=O)NC1CN(C(=O)OCc2ccccc2)CCC1N. The van der Waals surface area contributed by atoms with Crippen LogP contribution in [0.4, 0.5) is 9.59 Å². The molecule has 1 saturated heterocycles. The van der Waals surface area contributed by atoms with Crippen molar-refractivity contribution < 1.29 is 19.1 Å². The second kappa shape index (κ2) is 8.20. The topological polar surface area (TPSA) is 93.9 Å². The highest BCUT2D eigenvalue weighted by molar-refractivity contribution is 5.70. The summed E-state index contributed by atoms with van der Waals surface area (Å²) in [6.07, 6.45) is -0.361. The molecule has 2 rings (SSSR count). The highest BCUT2D eigenvalue weighted by Crippen LogP contribution is 2.13. The minimum atomic E-state index is -0.586. The van der Waals surface area contributed by atoms with Crippen molar-refractivity contribution in [1.29, 1.82) is 0 Å². The van der Waals surface area contributed by atoms with E-state index in [0.29, 0.717) is 19.5 Å². The Morgan fingerprint density at radius 1 is 1.28 bits per heavy atom. The lowest BCUT2D eigenvalue weighted by Crippen LogP contribution is -2.59. The van der Waals surface area contributed by atoms with Crippen LogP contribution in [0.15, 0.2) is 30.3 Å². The summed E-state index contributed by atoms with van der Waals surface area (Å²) < 4.78 is 10.6. The molecule has 0 radical (unpaired) electrons. The van der Waals surface area contributed by atoms with Crippen molar-refractivity contribution in [3.05, 3.63) is 35.9 Å². The number of likely N-dealkylation sites (tertiary alicyclic amines) is 1. The maximum Gasteiger partial charge on any atom is 0.410 e. The first-order valence-corrected chi connectivity index (χ1v) is 8.45. The number of piperidine rings is 1. The molecule has 1 aliphatic rings. The molecule has 0 spiro atoms. The van der Waals surface area contributed by atoms with Gasteiger partial charge in [-0.05, 0) is 32.8 Å². The molecule has 0 aromatic heterocycles. The summed E-state index contributed by atoms with van der Waals surface area (Å²) in [5.41, 5.74) is 6.41. The number of benzene rings is 1. The van der Waals surface area contributed by atoms with E-state index in [0.717, 1.165) is 5.56 Å². The van der Waals surface area contributed by atoms with Gasteiger partial charge in [0.2, 0.25) is 0 Å². The zero-order valence-electron chi connectivity index (χ0n) is 15.0. The van der Waals surface area contributed by atoms with Gasteiger partial charge in [0.05, 0.1) is 6.04 Å². The first-order valence-electron chi connectivity index (χ1n) is 8.45. The van der Waals surface area contributed by atoms with Crippen LogP contribution < -0.4 is 11.1 Å². The number of amides is 2. The molecule has 1 aromatic carbocycles. The molecule has 138 valence electrons. The van der Waals surface area contributed by atoms with Crippen molar-refractivity contribution in [1.82, 2.24) is 10.2 Å². The van der Waals surface area contributed by atoms with Gasteiger partial charge in [0.25, 0.3) is 0 Å².